The van der Waals surface area contributed by atoms with E-state index < -0.39 is 0 Å². The summed E-state index contributed by atoms with van der Waals surface area (Å²) in [6, 6.07) is 57.2. The predicted molar refractivity (Wildman–Crippen MR) is 204 cm³/mol. The van der Waals surface area contributed by atoms with Gasteiger partial charge in [0.15, 0.2) is 5.58 Å². The number of furan rings is 1. The molecule has 3 heterocycles. The van der Waals surface area contributed by atoms with Crippen LogP contribution in [-0.4, -0.2) is 9.55 Å². The molecule has 3 aromatic heterocycles. The van der Waals surface area contributed by atoms with Crippen LogP contribution < -0.4 is 4.90 Å². The summed E-state index contributed by atoms with van der Waals surface area (Å²) in [4.78, 5) is 7.50. The van der Waals surface area contributed by atoms with Gasteiger partial charge in [0.2, 0.25) is 5.89 Å². The molecule has 0 bridgehead atoms. The average Bonchev–Trinajstić information content (AvgIpc) is 3.89. The standard InChI is InChI=1S/C45H27N3O2/c1-3-14-29(15-4-1)47(37-24-10-20-33-32-19-7-8-23-36(32)48(43(33)37)30-16-5-2-6-17-30)31-18-9-13-28(27-31)45-46-42-34-21-11-25-38-40(34)41-35(44(42)50-45)22-12-26-39(41)49-38/h1-27H. The second-order valence-corrected chi connectivity index (χ2v) is 12.7. The molecule has 11 rings (SSSR count). The normalized spacial score (nSPS) is 12.0. The minimum absolute atomic E-state index is 0.581. The summed E-state index contributed by atoms with van der Waals surface area (Å²) < 4.78 is 15.3. The van der Waals surface area contributed by atoms with Crippen molar-refractivity contribution in [2.24, 2.45) is 0 Å². The van der Waals surface area contributed by atoms with E-state index in [9.17, 15) is 0 Å². The van der Waals surface area contributed by atoms with Gasteiger partial charge in [0.05, 0.1) is 16.7 Å². The van der Waals surface area contributed by atoms with Gasteiger partial charge in [0.1, 0.15) is 16.7 Å². The highest BCUT2D eigenvalue weighted by atomic mass is 16.3. The molecular formula is C45H27N3O2. The van der Waals surface area contributed by atoms with Crippen molar-refractivity contribution in [2.75, 3.05) is 4.90 Å². The first-order valence-electron chi connectivity index (χ1n) is 16.8. The fraction of sp³-hybridized carbons (Fsp3) is 0. The van der Waals surface area contributed by atoms with Gasteiger partial charge in [-0.1, -0.05) is 97.1 Å². The van der Waals surface area contributed by atoms with Gasteiger partial charge >= 0.3 is 0 Å². The van der Waals surface area contributed by atoms with E-state index in [0.717, 1.165) is 77.6 Å². The van der Waals surface area contributed by atoms with Crippen molar-refractivity contribution in [1.29, 1.82) is 0 Å². The van der Waals surface area contributed by atoms with E-state index in [0.29, 0.717) is 5.89 Å². The SMILES string of the molecule is c1ccc(N(c2cccc(-c3nc4c5cccc6oc7cccc(c4o3)c7c65)c2)c2cccc3c4ccccc4n(-c4ccccc4)c23)cc1. The molecule has 5 nitrogen and oxygen atoms in total. The van der Waals surface area contributed by atoms with Crippen molar-refractivity contribution < 1.29 is 8.83 Å². The molecular weight excluding hydrogens is 615 g/mol. The molecule has 0 fully saturated rings. The van der Waals surface area contributed by atoms with E-state index in [1.807, 2.05) is 24.3 Å². The lowest BCUT2D eigenvalue weighted by atomic mass is 10.0. The topological polar surface area (TPSA) is 47.3 Å². The predicted octanol–water partition coefficient (Wildman–Crippen LogP) is 12.6. The molecule has 8 aromatic carbocycles. The highest BCUT2D eigenvalue weighted by Gasteiger charge is 2.24. The molecule has 0 N–H and O–H groups in total. The zero-order chi connectivity index (χ0) is 32.8. The van der Waals surface area contributed by atoms with Crippen LogP contribution >= 0.6 is 0 Å². The van der Waals surface area contributed by atoms with Crippen LogP contribution in [0.5, 0.6) is 0 Å². The highest BCUT2D eigenvalue weighted by molar-refractivity contribution is 6.31. The number of rotatable bonds is 5. The summed E-state index contributed by atoms with van der Waals surface area (Å²) in [5.41, 5.74) is 10.8. The van der Waals surface area contributed by atoms with Crippen molar-refractivity contribution in [3.8, 4) is 17.1 Å². The van der Waals surface area contributed by atoms with E-state index in [2.05, 4.69) is 149 Å². The Hall–Kier alpha value is -6.85. The summed E-state index contributed by atoms with van der Waals surface area (Å²) >= 11 is 0. The third kappa shape index (κ3) is 3.80. The van der Waals surface area contributed by atoms with Gasteiger partial charge in [-0.25, -0.2) is 4.98 Å². The lowest BCUT2D eigenvalue weighted by Gasteiger charge is -2.27. The number of anilines is 3. The van der Waals surface area contributed by atoms with Gasteiger partial charge in [-0.05, 0) is 66.7 Å². The summed E-state index contributed by atoms with van der Waals surface area (Å²) in [6.07, 6.45) is 0. The van der Waals surface area contributed by atoms with Crippen molar-refractivity contribution in [1.82, 2.24) is 9.55 Å². The smallest absolute Gasteiger partial charge is 0.227 e. The van der Waals surface area contributed by atoms with Crippen LogP contribution in [-0.2, 0) is 0 Å². The third-order valence-electron chi connectivity index (χ3n) is 9.94. The van der Waals surface area contributed by atoms with Crippen LogP contribution in [0.4, 0.5) is 17.1 Å². The maximum absolute atomic E-state index is 6.70. The molecule has 0 amide bonds. The molecule has 0 radical (unpaired) electrons. The molecule has 0 aliphatic carbocycles. The number of hydrogen-bond acceptors (Lipinski definition) is 4. The summed E-state index contributed by atoms with van der Waals surface area (Å²) in [6.45, 7) is 0. The van der Waals surface area contributed by atoms with Crippen molar-refractivity contribution in [3.05, 3.63) is 164 Å². The number of para-hydroxylation sites is 4. The molecule has 234 valence electrons. The Balaban J connectivity index is 1.16. The Morgan fingerprint density at radius 3 is 1.98 bits per heavy atom. The lowest BCUT2D eigenvalue weighted by molar-refractivity contribution is 0.623. The molecule has 0 saturated heterocycles. The zero-order valence-electron chi connectivity index (χ0n) is 26.7. The molecule has 0 aliphatic rings. The Labute approximate surface area is 286 Å². The minimum atomic E-state index is 0.581. The van der Waals surface area contributed by atoms with Gasteiger partial charge in [-0.2, -0.15) is 0 Å². The van der Waals surface area contributed by atoms with Crippen molar-refractivity contribution >= 4 is 82.7 Å². The third-order valence-corrected chi connectivity index (χ3v) is 9.94. The fourth-order valence-corrected chi connectivity index (χ4v) is 7.87. The number of oxazole rings is 1. The quantitative estimate of drug-likeness (QED) is 0.175. The Kier molecular flexibility index (Phi) is 5.60. The van der Waals surface area contributed by atoms with Gasteiger partial charge in [-0.15, -0.1) is 0 Å². The maximum atomic E-state index is 6.70. The summed E-state index contributed by atoms with van der Waals surface area (Å²) in [7, 11) is 0. The molecule has 5 heteroatoms. The maximum Gasteiger partial charge on any atom is 0.227 e. The molecule has 0 unspecified atom stereocenters. The largest absolute Gasteiger partial charge is 0.456 e. The fourth-order valence-electron chi connectivity index (χ4n) is 7.87. The van der Waals surface area contributed by atoms with Crippen LogP contribution in [0.3, 0.4) is 0 Å². The average molecular weight is 642 g/mol. The van der Waals surface area contributed by atoms with E-state index in [1.54, 1.807) is 0 Å². The van der Waals surface area contributed by atoms with Gasteiger partial charge in [0, 0.05) is 54.9 Å². The molecule has 50 heavy (non-hydrogen) atoms. The van der Waals surface area contributed by atoms with Crippen molar-refractivity contribution in [3.63, 3.8) is 0 Å². The lowest BCUT2D eigenvalue weighted by Crippen LogP contribution is -2.11. The van der Waals surface area contributed by atoms with Crippen LogP contribution in [0.1, 0.15) is 0 Å². The monoisotopic (exact) mass is 641 g/mol. The molecule has 0 saturated carbocycles. The molecule has 11 aromatic rings. The van der Waals surface area contributed by atoms with Crippen LogP contribution in [0, 0.1) is 0 Å². The van der Waals surface area contributed by atoms with E-state index in [4.69, 9.17) is 13.8 Å². The minimum Gasteiger partial charge on any atom is -0.456 e. The highest BCUT2D eigenvalue weighted by Crippen LogP contribution is 2.46. The van der Waals surface area contributed by atoms with E-state index in [-0.39, 0.29) is 0 Å². The van der Waals surface area contributed by atoms with E-state index >= 15 is 0 Å². The van der Waals surface area contributed by atoms with Crippen LogP contribution in [0.25, 0.3) is 82.8 Å². The first kappa shape index (κ1) is 27.1. The van der Waals surface area contributed by atoms with Gasteiger partial charge in [0.25, 0.3) is 0 Å². The first-order valence-corrected chi connectivity index (χ1v) is 16.8. The molecule has 0 spiro atoms. The first-order chi connectivity index (χ1) is 24.8. The second kappa shape index (κ2) is 10.3. The number of fused-ring (bicyclic) bond motifs is 6. The number of hydrogen-bond donors (Lipinski definition) is 0. The Bertz CT molecular complexity index is 2960. The van der Waals surface area contributed by atoms with Gasteiger partial charge in [-0.3, -0.25) is 0 Å². The second-order valence-electron chi connectivity index (χ2n) is 12.7. The van der Waals surface area contributed by atoms with Crippen LogP contribution in [0.15, 0.2) is 173 Å². The van der Waals surface area contributed by atoms with Crippen LogP contribution in [0.2, 0.25) is 0 Å². The van der Waals surface area contributed by atoms with Gasteiger partial charge < -0.3 is 18.3 Å². The van der Waals surface area contributed by atoms with Crippen molar-refractivity contribution in [2.45, 2.75) is 0 Å². The van der Waals surface area contributed by atoms with E-state index in [1.165, 1.54) is 16.3 Å². The Morgan fingerprint density at radius 1 is 0.500 bits per heavy atom. The summed E-state index contributed by atoms with van der Waals surface area (Å²) in [5, 5.41) is 6.63. The number of nitrogens with zero attached hydrogens (tertiary/aromatic N) is 3. The summed E-state index contributed by atoms with van der Waals surface area (Å²) in [5.74, 6) is 0.581. The molecule has 0 atom stereocenters. The zero-order valence-corrected chi connectivity index (χ0v) is 26.7. The molecule has 0 aliphatic heterocycles. The Morgan fingerprint density at radius 2 is 1.14 bits per heavy atom. The number of benzene rings is 8. The number of aromatic nitrogens is 2.